The summed E-state index contributed by atoms with van der Waals surface area (Å²) >= 11 is 0. The SMILES string of the molecule is Cl.N=C(N)c1ccc(C(=O)NCC(=O)c2ccc(CCC(=O)O)cc2)cc1. The number of nitrogens with one attached hydrogen (secondary N) is 2. The van der Waals surface area contributed by atoms with Crippen LogP contribution in [0.2, 0.25) is 0 Å². The molecule has 142 valence electrons. The van der Waals surface area contributed by atoms with Crippen LogP contribution in [0, 0.1) is 5.41 Å². The number of aryl methyl sites for hydroxylation is 1. The minimum atomic E-state index is -0.871. The fraction of sp³-hybridized carbons (Fsp3) is 0.158. The first kappa shape index (κ1) is 21.9. The number of rotatable bonds is 8. The van der Waals surface area contributed by atoms with Crippen molar-refractivity contribution in [2.24, 2.45) is 5.73 Å². The van der Waals surface area contributed by atoms with E-state index in [1.54, 1.807) is 36.4 Å². The van der Waals surface area contributed by atoms with Crippen molar-refractivity contribution in [1.82, 2.24) is 5.32 Å². The Balaban J connectivity index is 0.00000364. The first-order valence-corrected chi connectivity index (χ1v) is 7.93. The Morgan fingerprint density at radius 2 is 1.44 bits per heavy atom. The van der Waals surface area contributed by atoms with E-state index in [2.05, 4.69) is 5.32 Å². The Kier molecular flexibility index (Phi) is 8.16. The molecule has 0 saturated heterocycles. The van der Waals surface area contributed by atoms with Gasteiger partial charge in [0.2, 0.25) is 0 Å². The van der Waals surface area contributed by atoms with E-state index < -0.39 is 11.9 Å². The van der Waals surface area contributed by atoms with Crippen molar-refractivity contribution >= 4 is 35.9 Å². The third-order valence-electron chi connectivity index (χ3n) is 3.77. The number of aliphatic carboxylic acids is 1. The lowest BCUT2D eigenvalue weighted by Crippen LogP contribution is -2.29. The second kappa shape index (κ2) is 10.1. The van der Waals surface area contributed by atoms with Crippen molar-refractivity contribution in [3.8, 4) is 0 Å². The van der Waals surface area contributed by atoms with E-state index >= 15 is 0 Å². The lowest BCUT2D eigenvalue weighted by atomic mass is 10.0. The number of ketones is 1. The Labute approximate surface area is 162 Å². The highest BCUT2D eigenvalue weighted by molar-refractivity contribution is 6.02. The molecule has 0 bridgehead atoms. The van der Waals surface area contributed by atoms with E-state index in [-0.39, 0.29) is 37.0 Å². The van der Waals surface area contributed by atoms with E-state index in [9.17, 15) is 14.4 Å². The van der Waals surface area contributed by atoms with Gasteiger partial charge in [-0.05, 0) is 24.1 Å². The van der Waals surface area contributed by atoms with Gasteiger partial charge in [-0.1, -0.05) is 36.4 Å². The van der Waals surface area contributed by atoms with Crippen LogP contribution in [0.25, 0.3) is 0 Å². The number of nitrogen functional groups attached to an aromatic ring is 1. The molecule has 27 heavy (non-hydrogen) atoms. The van der Waals surface area contributed by atoms with Crippen molar-refractivity contribution in [1.29, 1.82) is 5.41 Å². The average molecular weight is 390 g/mol. The van der Waals surface area contributed by atoms with Gasteiger partial charge in [-0.25, -0.2) is 0 Å². The maximum absolute atomic E-state index is 12.1. The molecule has 1 amide bonds. The number of Topliss-reactive ketones (excluding diaryl/α,β-unsaturated/α-hetero) is 1. The van der Waals surface area contributed by atoms with Crippen LogP contribution in [0.1, 0.15) is 38.3 Å². The molecule has 0 aliphatic carbocycles. The van der Waals surface area contributed by atoms with Crippen LogP contribution < -0.4 is 11.1 Å². The van der Waals surface area contributed by atoms with Gasteiger partial charge in [-0.2, -0.15) is 0 Å². The van der Waals surface area contributed by atoms with Gasteiger partial charge >= 0.3 is 5.97 Å². The first-order valence-electron chi connectivity index (χ1n) is 7.93. The van der Waals surface area contributed by atoms with Crippen LogP contribution in [0.15, 0.2) is 48.5 Å². The highest BCUT2D eigenvalue weighted by atomic mass is 35.5. The number of carbonyl (C=O) groups excluding carboxylic acids is 2. The molecule has 0 aliphatic rings. The van der Waals surface area contributed by atoms with Gasteiger partial charge in [0.05, 0.1) is 6.54 Å². The van der Waals surface area contributed by atoms with E-state index in [0.717, 1.165) is 5.56 Å². The number of halogens is 1. The van der Waals surface area contributed by atoms with Crippen molar-refractivity contribution in [2.45, 2.75) is 12.8 Å². The molecule has 0 fully saturated rings. The van der Waals surface area contributed by atoms with Gasteiger partial charge in [0.25, 0.3) is 5.91 Å². The second-order valence-electron chi connectivity index (χ2n) is 5.69. The van der Waals surface area contributed by atoms with Crippen molar-refractivity contribution in [2.75, 3.05) is 6.54 Å². The summed E-state index contributed by atoms with van der Waals surface area (Å²) in [5, 5.41) is 18.5. The van der Waals surface area contributed by atoms with Crippen molar-refractivity contribution in [3.63, 3.8) is 0 Å². The van der Waals surface area contributed by atoms with Crippen LogP contribution in [0.5, 0.6) is 0 Å². The largest absolute Gasteiger partial charge is 0.481 e. The first-order chi connectivity index (χ1) is 12.4. The molecule has 0 spiro atoms. The molecular weight excluding hydrogens is 370 g/mol. The van der Waals surface area contributed by atoms with Crippen LogP contribution in [-0.2, 0) is 11.2 Å². The zero-order valence-corrected chi connectivity index (χ0v) is 15.2. The molecule has 0 saturated carbocycles. The molecule has 5 N–H and O–H groups in total. The highest BCUT2D eigenvalue weighted by Crippen LogP contribution is 2.08. The lowest BCUT2D eigenvalue weighted by Gasteiger charge is -2.06. The molecule has 0 radical (unpaired) electrons. The zero-order valence-electron chi connectivity index (χ0n) is 14.4. The lowest BCUT2D eigenvalue weighted by molar-refractivity contribution is -0.136. The Morgan fingerprint density at radius 3 is 1.96 bits per heavy atom. The number of nitrogens with two attached hydrogens (primary N) is 1. The maximum Gasteiger partial charge on any atom is 0.303 e. The minimum Gasteiger partial charge on any atom is -0.481 e. The molecule has 7 nitrogen and oxygen atoms in total. The van der Waals surface area contributed by atoms with E-state index in [0.29, 0.717) is 23.1 Å². The van der Waals surface area contributed by atoms with Gasteiger partial charge in [-0.3, -0.25) is 19.8 Å². The normalized spacial score (nSPS) is 9.78. The summed E-state index contributed by atoms with van der Waals surface area (Å²) in [6.07, 6.45) is 0.433. The molecule has 2 aromatic rings. The number of hydrogen-bond donors (Lipinski definition) is 4. The monoisotopic (exact) mass is 389 g/mol. The fourth-order valence-electron chi connectivity index (χ4n) is 2.27. The molecular formula is C19H20ClN3O4. The molecule has 0 heterocycles. The Bertz CT molecular complexity index is 833. The van der Waals surface area contributed by atoms with Gasteiger partial charge in [-0.15, -0.1) is 12.4 Å². The molecule has 0 aromatic heterocycles. The number of benzene rings is 2. The number of hydrogen-bond acceptors (Lipinski definition) is 4. The fourth-order valence-corrected chi connectivity index (χ4v) is 2.27. The Morgan fingerprint density at radius 1 is 0.926 bits per heavy atom. The Hall–Kier alpha value is -3.19. The second-order valence-corrected chi connectivity index (χ2v) is 5.69. The van der Waals surface area contributed by atoms with Crippen molar-refractivity contribution in [3.05, 3.63) is 70.8 Å². The number of carbonyl (C=O) groups is 3. The topological polar surface area (TPSA) is 133 Å². The summed E-state index contributed by atoms with van der Waals surface area (Å²) in [5.74, 6) is -1.60. The zero-order chi connectivity index (χ0) is 19.1. The number of carboxylic acid groups (broad SMARTS) is 1. The average Bonchev–Trinajstić information content (AvgIpc) is 2.64. The summed E-state index contributed by atoms with van der Waals surface area (Å²) < 4.78 is 0. The maximum atomic E-state index is 12.1. The van der Waals surface area contributed by atoms with Gasteiger partial charge in [0, 0.05) is 23.1 Å². The van der Waals surface area contributed by atoms with E-state index in [4.69, 9.17) is 16.2 Å². The van der Waals surface area contributed by atoms with Crippen LogP contribution in [-0.4, -0.2) is 35.1 Å². The van der Waals surface area contributed by atoms with Crippen molar-refractivity contribution < 1.29 is 19.5 Å². The summed E-state index contributed by atoms with van der Waals surface area (Å²) in [7, 11) is 0. The minimum absolute atomic E-state index is 0. The predicted molar refractivity (Wildman–Crippen MR) is 104 cm³/mol. The predicted octanol–water partition coefficient (Wildman–Crippen LogP) is 2.02. The number of amidine groups is 1. The third-order valence-corrected chi connectivity index (χ3v) is 3.77. The van der Waals surface area contributed by atoms with Crippen LogP contribution in [0.4, 0.5) is 0 Å². The van der Waals surface area contributed by atoms with E-state index in [1.165, 1.54) is 12.1 Å². The molecule has 0 unspecified atom stereocenters. The van der Waals surface area contributed by atoms with Gasteiger partial charge < -0.3 is 16.2 Å². The number of amides is 1. The molecule has 0 atom stereocenters. The highest BCUT2D eigenvalue weighted by Gasteiger charge is 2.10. The molecule has 2 aromatic carbocycles. The standard InChI is InChI=1S/C19H19N3O4.ClH/c20-18(21)14-6-8-15(9-7-14)19(26)22-11-16(23)13-4-1-12(2-5-13)3-10-17(24)25;/h1-2,4-9H,3,10-11H2,(H3,20,21)(H,22,26)(H,24,25);1H. The quantitative estimate of drug-likeness (QED) is 0.311. The van der Waals surface area contributed by atoms with Crippen LogP contribution >= 0.6 is 12.4 Å². The molecule has 8 heteroatoms. The number of carboxylic acids is 1. The summed E-state index contributed by atoms with van der Waals surface area (Å²) in [6.45, 7) is -0.151. The molecule has 2 rings (SSSR count). The van der Waals surface area contributed by atoms with Gasteiger partial charge in [0.15, 0.2) is 5.78 Å². The van der Waals surface area contributed by atoms with Crippen LogP contribution in [0.3, 0.4) is 0 Å². The molecule has 0 aliphatic heterocycles. The third kappa shape index (κ3) is 6.56. The van der Waals surface area contributed by atoms with Gasteiger partial charge in [0.1, 0.15) is 5.84 Å². The smallest absolute Gasteiger partial charge is 0.303 e. The summed E-state index contributed by atoms with van der Waals surface area (Å²) in [4.78, 5) is 34.8. The summed E-state index contributed by atoms with van der Waals surface area (Å²) in [5.41, 5.74) is 7.51. The summed E-state index contributed by atoms with van der Waals surface area (Å²) in [6, 6.07) is 12.9. The van der Waals surface area contributed by atoms with E-state index in [1.807, 2.05) is 0 Å².